The molecular weight excluding hydrogens is 395 g/mol. The van der Waals surface area contributed by atoms with Crippen molar-refractivity contribution in [1.82, 2.24) is 4.57 Å². The SMILES string of the molecule is O=C(O)c1cccc2c1ccn2Cc1cc(F)ccc1OCc1ccc(F)cc1F. The lowest BCUT2D eigenvalue weighted by Crippen LogP contribution is -2.05. The predicted octanol–water partition coefficient (Wildman–Crippen LogP) is 5.38. The van der Waals surface area contributed by atoms with Crippen LogP contribution in [0.25, 0.3) is 10.9 Å². The second-order valence-corrected chi connectivity index (χ2v) is 6.76. The van der Waals surface area contributed by atoms with Gasteiger partial charge in [0.25, 0.3) is 0 Å². The van der Waals surface area contributed by atoms with Crippen LogP contribution < -0.4 is 4.74 Å². The molecule has 0 atom stereocenters. The minimum atomic E-state index is -1.03. The molecule has 1 N–H and O–H groups in total. The summed E-state index contributed by atoms with van der Waals surface area (Å²) < 4.78 is 48.3. The van der Waals surface area contributed by atoms with Gasteiger partial charge in [0.05, 0.1) is 12.1 Å². The number of ether oxygens (including phenoxy) is 1. The Kier molecular flexibility index (Phi) is 5.18. The van der Waals surface area contributed by atoms with Gasteiger partial charge in [-0.25, -0.2) is 18.0 Å². The van der Waals surface area contributed by atoms with Crippen molar-refractivity contribution in [3.8, 4) is 5.75 Å². The molecule has 1 aromatic heterocycles. The van der Waals surface area contributed by atoms with Crippen LogP contribution in [-0.4, -0.2) is 15.6 Å². The number of aromatic carboxylic acids is 1. The van der Waals surface area contributed by atoms with Gasteiger partial charge in [-0.15, -0.1) is 0 Å². The summed E-state index contributed by atoms with van der Waals surface area (Å²) in [5, 5.41) is 9.91. The molecule has 0 saturated heterocycles. The molecule has 30 heavy (non-hydrogen) atoms. The number of carbonyl (C=O) groups is 1. The molecule has 7 heteroatoms. The minimum absolute atomic E-state index is 0.152. The van der Waals surface area contributed by atoms with Crippen LogP contribution in [0.2, 0.25) is 0 Å². The minimum Gasteiger partial charge on any atom is -0.488 e. The van der Waals surface area contributed by atoms with Crippen LogP contribution in [0.5, 0.6) is 5.75 Å². The number of carboxylic acids is 1. The monoisotopic (exact) mass is 411 g/mol. The van der Waals surface area contributed by atoms with Gasteiger partial charge in [-0.2, -0.15) is 0 Å². The van der Waals surface area contributed by atoms with E-state index < -0.39 is 23.4 Å². The molecule has 0 aliphatic rings. The van der Waals surface area contributed by atoms with E-state index in [0.29, 0.717) is 22.2 Å². The summed E-state index contributed by atoms with van der Waals surface area (Å²) in [7, 11) is 0. The predicted molar refractivity (Wildman–Crippen MR) is 105 cm³/mol. The zero-order chi connectivity index (χ0) is 21.3. The smallest absolute Gasteiger partial charge is 0.336 e. The molecule has 0 radical (unpaired) electrons. The summed E-state index contributed by atoms with van der Waals surface area (Å²) in [5.41, 5.74) is 1.52. The number of hydrogen-bond donors (Lipinski definition) is 1. The fourth-order valence-corrected chi connectivity index (χ4v) is 3.34. The average Bonchev–Trinajstić information content (AvgIpc) is 3.11. The third kappa shape index (κ3) is 3.87. The number of benzene rings is 3. The standard InChI is InChI=1S/C23H16F3NO3/c24-16-6-7-22(30-13-14-4-5-17(25)11-20(14)26)15(10-16)12-27-9-8-18-19(23(28)29)2-1-3-21(18)27/h1-11H,12-13H2,(H,28,29). The Labute approximate surface area is 169 Å². The molecule has 0 saturated carbocycles. The first-order valence-electron chi connectivity index (χ1n) is 9.08. The Morgan fingerprint density at radius 3 is 2.47 bits per heavy atom. The second-order valence-electron chi connectivity index (χ2n) is 6.76. The molecule has 0 fully saturated rings. The zero-order valence-electron chi connectivity index (χ0n) is 15.6. The maximum Gasteiger partial charge on any atom is 0.336 e. The molecule has 0 aliphatic heterocycles. The van der Waals surface area contributed by atoms with Crippen molar-refractivity contribution in [2.45, 2.75) is 13.2 Å². The van der Waals surface area contributed by atoms with E-state index in [0.717, 1.165) is 12.1 Å². The number of halogens is 3. The van der Waals surface area contributed by atoms with Gasteiger partial charge in [0.1, 0.15) is 29.8 Å². The molecular formula is C23H16F3NO3. The fourth-order valence-electron chi connectivity index (χ4n) is 3.34. The molecule has 4 rings (SSSR count). The number of rotatable bonds is 6. The summed E-state index contributed by atoms with van der Waals surface area (Å²) in [6, 6.07) is 13.8. The molecule has 0 unspecified atom stereocenters. The van der Waals surface area contributed by atoms with Gasteiger partial charge in [-0.05, 0) is 48.5 Å². The van der Waals surface area contributed by atoms with Gasteiger partial charge in [-0.1, -0.05) is 6.07 Å². The van der Waals surface area contributed by atoms with Gasteiger partial charge in [-0.3, -0.25) is 0 Å². The van der Waals surface area contributed by atoms with Gasteiger partial charge in [0.2, 0.25) is 0 Å². The molecule has 4 nitrogen and oxygen atoms in total. The van der Waals surface area contributed by atoms with Crippen molar-refractivity contribution in [3.63, 3.8) is 0 Å². The van der Waals surface area contributed by atoms with Crippen molar-refractivity contribution >= 4 is 16.9 Å². The normalized spacial score (nSPS) is 11.0. The Hall–Kier alpha value is -3.74. The Morgan fingerprint density at radius 1 is 0.933 bits per heavy atom. The maximum absolute atomic E-state index is 13.9. The number of fused-ring (bicyclic) bond motifs is 1. The molecule has 152 valence electrons. The average molecular weight is 411 g/mol. The quantitative estimate of drug-likeness (QED) is 0.463. The first-order chi connectivity index (χ1) is 14.4. The maximum atomic E-state index is 13.9. The second kappa shape index (κ2) is 7.94. The fraction of sp³-hybridized carbons (Fsp3) is 0.0870. The summed E-state index contributed by atoms with van der Waals surface area (Å²) in [4.78, 5) is 11.4. The summed E-state index contributed by atoms with van der Waals surface area (Å²) in [6.45, 7) is 0.0614. The molecule has 0 amide bonds. The van der Waals surface area contributed by atoms with Gasteiger partial charge in [0.15, 0.2) is 0 Å². The molecule has 3 aromatic carbocycles. The number of nitrogens with zero attached hydrogens (tertiary/aromatic N) is 1. The van der Waals surface area contributed by atoms with E-state index in [1.807, 2.05) is 0 Å². The highest BCUT2D eigenvalue weighted by Gasteiger charge is 2.14. The van der Waals surface area contributed by atoms with Gasteiger partial charge in [0, 0.05) is 34.3 Å². The lowest BCUT2D eigenvalue weighted by Gasteiger charge is -2.14. The Bertz CT molecular complexity index is 1250. The lowest BCUT2D eigenvalue weighted by molar-refractivity contribution is 0.0699. The van der Waals surface area contributed by atoms with E-state index in [-0.39, 0.29) is 24.3 Å². The van der Waals surface area contributed by atoms with Crippen LogP contribution in [-0.2, 0) is 13.2 Å². The van der Waals surface area contributed by atoms with E-state index >= 15 is 0 Å². The largest absolute Gasteiger partial charge is 0.488 e. The number of aromatic nitrogens is 1. The van der Waals surface area contributed by atoms with Crippen LogP contribution in [0.15, 0.2) is 66.9 Å². The van der Waals surface area contributed by atoms with Crippen LogP contribution >= 0.6 is 0 Å². The van der Waals surface area contributed by atoms with Crippen molar-refractivity contribution in [3.05, 3.63) is 101 Å². The molecule has 4 aromatic rings. The molecule has 0 spiro atoms. The lowest BCUT2D eigenvalue weighted by atomic mass is 10.1. The van der Waals surface area contributed by atoms with Crippen LogP contribution in [0.3, 0.4) is 0 Å². The molecule has 0 bridgehead atoms. The zero-order valence-corrected chi connectivity index (χ0v) is 15.6. The summed E-state index contributed by atoms with van der Waals surface area (Å²) >= 11 is 0. The summed E-state index contributed by atoms with van der Waals surface area (Å²) in [6.07, 6.45) is 1.71. The van der Waals surface area contributed by atoms with Crippen molar-refractivity contribution in [2.24, 2.45) is 0 Å². The van der Waals surface area contributed by atoms with Crippen molar-refractivity contribution in [1.29, 1.82) is 0 Å². The topological polar surface area (TPSA) is 51.5 Å². The van der Waals surface area contributed by atoms with E-state index in [4.69, 9.17) is 4.74 Å². The number of hydrogen-bond acceptors (Lipinski definition) is 2. The van der Waals surface area contributed by atoms with Gasteiger partial charge < -0.3 is 14.4 Å². The van der Waals surface area contributed by atoms with Crippen molar-refractivity contribution in [2.75, 3.05) is 0 Å². The first kappa shape index (κ1) is 19.6. The Morgan fingerprint density at radius 2 is 1.70 bits per heavy atom. The highest BCUT2D eigenvalue weighted by Crippen LogP contribution is 2.26. The van der Waals surface area contributed by atoms with E-state index in [2.05, 4.69) is 0 Å². The Balaban J connectivity index is 1.64. The van der Waals surface area contributed by atoms with E-state index in [1.165, 1.54) is 30.3 Å². The van der Waals surface area contributed by atoms with Gasteiger partial charge >= 0.3 is 5.97 Å². The molecule has 0 aliphatic carbocycles. The highest BCUT2D eigenvalue weighted by molar-refractivity contribution is 6.03. The summed E-state index contributed by atoms with van der Waals surface area (Å²) in [5.74, 6) is -2.56. The number of carboxylic acid groups (broad SMARTS) is 1. The third-order valence-electron chi connectivity index (χ3n) is 4.81. The van der Waals surface area contributed by atoms with E-state index in [9.17, 15) is 23.1 Å². The first-order valence-corrected chi connectivity index (χ1v) is 9.08. The third-order valence-corrected chi connectivity index (χ3v) is 4.81. The molecule has 1 heterocycles. The highest BCUT2D eigenvalue weighted by atomic mass is 19.1. The van der Waals surface area contributed by atoms with Crippen LogP contribution in [0, 0.1) is 17.5 Å². The van der Waals surface area contributed by atoms with E-state index in [1.54, 1.807) is 29.0 Å². The van der Waals surface area contributed by atoms with Crippen molar-refractivity contribution < 1.29 is 27.8 Å². The van der Waals surface area contributed by atoms with Crippen LogP contribution in [0.1, 0.15) is 21.5 Å². The van der Waals surface area contributed by atoms with Crippen LogP contribution in [0.4, 0.5) is 13.2 Å².